The maximum atomic E-state index is 12.1. The van der Waals surface area contributed by atoms with Gasteiger partial charge in [0, 0.05) is 12.5 Å². The minimum absolute atomic E-state index is 0.0727. The Morgan fingerprint density at radius 2 is 2.09 bits per heavy atom. The van der Waals surface area contributed by atoms with Crippen LogP contribution in [-0.2, 0) is 10.2 Å². The second-order valence-electron chi connectivity index (χ2n) is 7.32. The van der Waals surface area contributed by atoms with Crippen molar-refractivity contribution in [3.05, 3.63) is 35.9 Å². The summed E-state index contributed by atoms with van der Waals surface area (Å²) in [6.07, 6.45) is 3.83. The van der Waals surface area contributed by atoms with Crippen LogP contribution in [0.5, 0.6) is 0 Å². The Kier molecular flexibility index (Phi) is 6.01. The molecule has 1 amide bonds. The first-order valence-corrected chi connectivity index (χ1v) is 8.53. The predicted molar refractivity (Wildman–Crippen MR) is 91.9 cm³/mol. The molecule has 0 saturated carbocycles. The van der Waals surface area contributed by atoms with E-state index in [0.29, 0.717) is 12.3 Å². The normalized spacial score (nSPS) is 19.9. The number of carbonyl (C=O) groups excluding carboxylic acids is 1. The Balaban J connectivity index is 1.76. The molecule has 1 heterocycles. The van der Waals surface area contributed by atoms with E-state index in [-0.39, 0.29) is 17.4 Å². The summed E-state index contributed by atoms with van der Waals surface area (Å²) in [6.45, 7) is 8.78. The average Bonchev–Trinajstić information content (AvgIpc) is 2.98. The molecule has 2 N–H and O–H groups in total. The molecule has 1 saturated heterocycles. The van der Waals surface area contributed by atoms with E-state index in [4.69, 9.17) is 0 Å². The summed E-state index contributed by atoms with van der Waals surface area (Å²) >= 11 is 0. The maximum absolute atomic E-state index is 12.1. The number of hydrogen-bond donors (Lipinski definition) is 2. The largest absolute Gasteiger partial charge is 0.354 e. The first-order valence-electron chi connectivity index (χ1n) is 8.53. The number of amides is 1. The summed E-state index contributed by atoms with van der Waals surface area (Å²) in [5.74, 6) is 0.880. The summed E-state index contributed by atoms with van der Waals surface area (Å²) in [5.41, 5.74) is 1.40. The molecule has 0 aliphatic carbocycles. The lowest BCUT2D eigenvalue weighted by Crippen LogP contribution is -2.37. The van der Waals surface area contributed by atoms with Crippen LogP contribution in [0.1, 0.15) is 52.0 Å². The molecule has 1 aliphatic heterocycles. The Labute approximate surface area is 134 Å². The molecule has 2 rings (SSSR count). The van der Waals surface area contributed by atoms with Gasteiger partial charge in [0.25, 0.3) is 0 Å². The van der Waals surface area contributed by atoms with E-state index in [1.54, 1.807) is 0 Å². The van der Waals surface area contributed by atoms with Gasteiger partial charge in [0.1, 0.15) is 0 Å². The van der Waals surface area contributed by atoms with Gasteiger partial charge < -0.3 is 10.6 Å². The molecule has 22 heavy (non-hydrogen) atoms. The minimum Gasteiger partial charge on any atom is -0.354 e. The molecule has 122 valence electrons. The van der Waals surface area contributed by atoms with Gasteiger partial charge in [-0.3, -0.25) is 4.79 Å². The van der Waals surface area contributed by atoms with Crippen LogP contribution in [0.2, 0.25) is 0 Å². The lowest BCUT2D eigenvalue weighted by molar-refractivity contribution is -0.122. The Bertz CT molecular complexity index is 464. The Morgan fingerprint density at radius 3 is 2.73 bits per heavy atom. The van der Waals surface area contributed by atoms with Crippen molar-refractivity contribution >= 4 is 5.91 Å². The van der Waals surface area contributed by atoms with Crippen LogP contribution in [0.25, 0.3) is 0 Å². The van der Waals surface area contributed by atoms with Crippen LogP contribution in [0, 0.1) is 5.92 Å². The first-order chi connectivity index (χ1) is 10.5. The zero-order valence-corrected chi connectivity index (χ0v) is 14.2. The van der Waals surface area contributed by atoms with E-state index in [1.807, 2.05) is 6.07 Å². The quantitative estimate of drug-likeness (QED) is 0.812. The summed E-state index contributed by atoms with van der Waals surface area (Å²) < 4.78 is 0. The highest BCUT2D eigenvalue weighted by atomic mass is 16.1. The van der Waals surface area contributed by atoms with Gasteiger partial charge in [-0.05, 0) is 56.2 Å². The molecule has 1 aromatic carbocycles. The lowest BCUT2D eigenvalue weighted by atomic mass is 9.79. The number of benzene rings is 1. The van der Waals surface area contributed by atoms with Crippen molar-refractivity contribution in [2.45, 2.75) is 57.9 Å². The number of carbonyl (C=O) groups is 1. The molecule has 0 radical (unpaired) electrons. The predicted octanol–water partition coefficient (Wildman–Crippen LogP) is 3.25. The maximum Gasteiger partial charge on any atom is 0.220 e. The van der Waals surface area contributed by atoms with Gasteiger partial charge in [-0.2, -0.15) is 0 Å². The van der Waals surface area contributed by atoms with E-state index in [9.17, 15) is 4.79 Å². The van der Waals surface area contributed by atoms with E-state index >= 15 is 0 Å². The highest BCUT2D eigenvalue weighted by Gasteiger charge is 2.24. The van der Waals surface area contributed by atoms with Gasteiger partial charge in [-0.25, -0.2) is 0 Å². The molecular weight excluding hydrogens is 272 g/mol. The van der Waals surface area contributed by atoms with Crippen molar-refractivity contribution in [1.82, 2.24) is 10.6 Å². The van der Waals surface area contributed by atoms with Crippen LogP contribution >= 0.6 is 0 Å². The van der Waals surface area contributed by atoms with Crippen molar-refractivity contribution in [3.8, 4) is 0 Å². The van der Waals surface area contributed by atoms with Gasteiger partial charge in [0.05, 0.1) is 0 Å². The van der Waals surface area contributed by atoms with Crippen LogP contribution in [0.3, 0.4) is 0 Å². The fourth-order valence-corrected chi connectivity index (χ4v) is 3.47. The molecule has 0 spiro atoms. The number of nitrogens with one attached hydrogen (secondary N) is 2. The van der Waals surface area contributed by atoms with Crippen molar-refractivity contribution in [2.75, 3.05) is 13.1 Å². The highest BCUT2D eigenvalue weighted by Crippen LogP contribution is 2.28. The average molecular weight is 302 g/mol. The number of rotatable bonds is 7. The van der Waals surface area contributed by atoms with Crippen molar-refractivity contribution in [2.24, 2.45) is 5.92 Å². The van der Waals surface area contributed by atoms with Crippen molar-refractivity contribution in [3.63, 3.8) is 0 Å². The van der Waals surface area contributed by atoms with Crippen LogP contribution in [0.15, 0.2) is 30.3 Å². The van der Waals surface area contributed by atoms with E-state index < -0.39 is 0 Å². The summed E-state index contributed by atoms with van der Waals surface area (Å²) in [5, 5.41) is 6.52. The highest BCUT2D eigenvalue weighted by molar-refractivity contribution is 5.76. The zero-order chi connectivity index (χ0) is 16.0. The monoisotopic (exact) mass is 302 g/mol. The first kappa shape index (κ1) is 17.0. The molecule has 3 nitrogen and oxygen atoms in total. The van der Waals surface area contributed by atoms with E-state index in [0.717, 1.165) is 25.9 Å². The summed E-state index contributed by atoms with van der Waals surface area (Å²) in [6, 6.07) is 10.7. The van der Waals surface area contributed by atoms with Gasteiger partial charge >= 0.3 is 0 Å². The molecule has 1 aliphatic rings. The minimum atomic E-state index is 0.0727. The molecule has 1 fully saturated rings. The smallest absolute Gasteiger partial charge is 0.220 e. The Morgan fingerprint density at radius 1 is 1.36 bits per heavy atom. The van der Waals surface area contributed by atoms with Gasteiger partial charge in [-0.15, -0.1) is 0 Å². The molecular formula is C19H30N2O. The van der Waals surface area contributed by atoms with Gasteiger partial charge in [-0.1, -0.05) is 44.2 Å². The Hall–Kier alpha value is -1.35. The lowest BCUT2D eigenvalue weighted by Gasteiger charge is -2.29. The van der Waals surface area contributed by atoms with Crippen LogP contribution in [0.4, 0.5) is 0 Å². The topological polar surface area (TPSA) is 41.1 Å². The molecule has 1 aromatic rings. The second kappa shape index (κ2) is 7.77. The van der Waals surface area contributed by atoms with E-state index in [1.165, 1.54) is 12.0 Å². The molecule has 2 unspecified atom stereocenters. The molecule has 0 aromatic heterocycles. The van der Waals surface area contributed by atoms with Crippen molar-refractivity contribution in [1.29, 1.82) is 0 Å². The SMILES string of the molecule is CC(CC(C)(C)c1ccccc1)NC(=O)CCC1CCNC1. The summed E-state index contributed by atoms with van der Waals surface area (Å²) in [7, 11) is 0. The molecule has 3 heteroatoms. The van der Waals surface area contributed by atoms with E-state index in [2.05, 4.69) is 55.7 Å². The number of hydrogen-bond acceptors (Lipinski definition) is 2. The third-order valence-corrected chi connectivity index (χ3v) is 4.72. The third-order valence-electron chi connectivity index (χ3n) is 4.72. The molecule has 2 atom stereocenters. The summed E-state index contributed by atoms with van der Waals surface area (Å²) in [4.78, 5) is 12.1. The fourth-order valence-electron chi connectivity index (χ4n) is 3.47. The molecule has 0 bridgehead atoms. The third kappa shape index (κ3) is 5.13. The second-order valence-corrected chi connectivity index (χ2v) is 7.32. The van der Waals surface area contributed by atoms with Crippen LogP contribution in [-0.4, -0.2) is 25.0 Å². The standard InChI is InChI=1S/C19H30N2O/c1-15(13-19(2,3)17-7-5-4-6-8-17)21-18(22)10-9-16-11-12-20-14-16/h4-8,15-16,20H,9-14H2,1-3H3,(H,21,22). The zero-order valence-electron chi connectivity index (χ0n) is 14.2. The van der Waals surface area contributed by atoms with Gasteiger partial charge in [0.2, 0.25) is 5.91 Å². The van der Waals surface area contributed by atoms with Crippen molar-refractivity contribution < 1.29 is 4.79 Å². The van der Waals surface area contributed by atoms with Gasteiger partial charge in [0.15, 0.2) is 0 Å². The van der Waals surface area contributed by atoms with Crippen LogP contribution < -0.4 is 10.6 Å². The fraction of sp³-hybridized carbons (Fsp3) is 0.632.